The number of nitrogens with zero attached hydrogens (tertiary/aromatic N) is 3. The molecule has 0 aliphatic carbocycles. The third-order valence-corrected chi connectivity index (χ3v) is 6.49. The zero-order chi connectivity index (χ0) is 18.9. The smallest absolute Gasteiger partial charge is 0.241 e. The average molecular weight is 455 g/mol. The number of aromatic nitrogens is 2. The van der Waals surface area contributed by atoms with Crippen LogP contribution in [0.5, 0.6) is 0 Å². The number of hydrogen-bond donors (Lipinski definition) is 0. The Kier molecular flexibility index (Phi) is 3.93. The van der Waals surface area contributed by atoms with Gasteiger partial charge in [0.2, 0.25) is 11.8 Å². The number of carbonyl (C=O) groups is 2. The van der Waals surface area contributed by atoms with Crippen LogP contribution in [0.4, 0.5) is 10.2 Å². The number of halogens is 3. The number of ether oxygens (including phenoxy) is 1. The van der Waals surface area contributed by atoms with Gasteiger partial charge in [-0.2, -0.15) is 5.10 Å². The molecule has 5 rings (SSSR count). The normalized spacial score (nSPS) is 29.1. The zero-order valence-electron chi connectivity index (χ0n) is 13.9. The van der Waals surface area contributed by atoms with Gasteiger partial charge in [0.25, 0.3) is 0 Å². The predicted molar refractivity (Wildman–Crippen MR) is 97.8 cm³/mol. The number of rotatable bonds is 3. The maximum atomic E-state index is 14.0. The highest BCUT2D eigenvalue weighted by molar-refractivity contribution is 9.10. The molecule has 140 valence electrons. The molecule has 0 saturated carbocycles. The van der Waals surface area contributed by atoms with Crippen molar-refractivity contribution in [1.82, 2.24) is 9.78 Å². The van der Waals surface area contributed by atoms with Crippen molar-refractivity contribution in [1.29, 1.82) is 0 Å². The lowest BCUT2D eigenvalue weighted by molar-refractivity contribution is -0.124. The number of fused-ring (bicyclic) bond motifs is 5. The third-order valence-electron chi connectivity index (χ3n) is 5.58. The fourth-order valence-corrected chi connectivity index (χ4v) is 5.10. The predicted octanol–water partition coefficient (Wildman–Crippen LogP) is 3.15. The summed E-state index contributed by atoms with van der Waals surface area (Å²) < 4.78 is 21.7. The van der Waals surface area contributed by atoms with Gasteiger partial charge < -0.3 is 4.74 Å². The van der Waals surface area contributed by atoms with Crippen molar-refractivity contribution in [3.63, 3.8) is 0 Å². The second-order valence-electron chi connectivity index (χ2n) is 7.05. The molecule has 3 aliphatic heterocycles. The molecule has 27 heavy (non-hydrogen) atoms. The molecule has 0 unspecified atom stereocenters. The molecule has 6 nitrogen and oxygen atoms in total. The third kappa shape index (κ3) is 2.50. The molecule has 2 aromatic rings. The molecule has 0 radical (unpaired) electrons. The van der Waals surface area contributed by atoms with E-state index in [2.05, 4.69) is 21.0 Å². The number of benzene rings is 1. The van der Waals surface area contributed by atoms with E-state index in [1.54, 1.807) is 12.3 Å². The zero-order valence-corrected chi connectivity index (χ0v) is 16.3. The van der Waals surface area contributed by atoms with Gasteiger partial charge in [-0.25, -0.2) is 9.29 Å². The van der Waals surface area contributed by atoms with Gasteiger partial charge in [-0.05, 0) is 40.9 Å². The SMILES string of the molecule is O=C1[C@@H]2[C@H](C(=O)N1c1nn(Cc3c(F)cccc3Cl)cc1Br)[C@@H]1CC[C@@H]2O1. The summed E-state index contributed by atoms with van der Waals surface area (Å²) in [5.41, 5.74) is 0.295. The molecular formula is C18H14BrClFN3O3. The summed E-state index contributed by atoms with van der Waals surface area (Å²) >= 11 is 9.45. The molecule has 2 amide bonds. The van der Waals surface area contributed by atoms with Gasteiger partial charge in [0.1, 0.15) is 5.82 Å². The molecular weight excluding hydrogens is 441 g/mol. The largest absolute Gasteiger partial charge is 0.373 e. The highest BCUT2D eigenvalue weighted by atomic mass is 79.9. The molecule has 1 aromatic heterocycles. The van der Waals surface area contributed by atoms with Crippen LogP contribution in [0.25, 0.3) is 0 Å². The topological polar surface area (TPSA) is 64.4 Å². The van der Waals surface area contributed by atoms with E-state index >= 15 is 0 Å². The van der Waals surface area contributed by atoms with Crippen LogP contribution >= 0.6 is 27.5 Å². The quantitative estimate of drug-likeness (QED) is 0.669. The summed E-state index contributed by atoms with van der Waals surface area (Å²) in [6.07, 6.45) is 2.86. The lowest BCUT2D eigenvalue weighted by Crippen LogP contribution is -2.34. The van der Waals surface area contributed by atoms with Crippen molar-refractivity contribution >= 4 is 45.2 Å². The van der Waals surface area contributed by atoms with Gasteiger partial charge in [0, 0.05) is 16.8 Å². The molecule has 2 bridgehead atoms. The standard InChI is InChI=1S/C18H14BrClFN3O3/c19-9-7-23(6-8-10(20)2-1-3-11(8)21)22-16(9)24-17(25)14-12-4-5-13(27-12)15(14)18(24)26/h1-3,7,12-15H,4-6H2/t12-,13-,14-,15+/m0/s1. The first-order chi connectivity index (χ1) is 13.0. The summed E-state index contributed by atoms with van der Waals surface area (Å²) in [5, 5.41) is 4.65. The van der Waals surface area contributed by atoms with Crippen LogP contribution < -0.4 is 4.90 Å². The van der Waals surface area contributed by atoms with E-state index in [1.165, 1.54) is 16.8 Å². The Bertz CT molecular complexity index is 933. The molecule has 3 saturated heterocycles. The fraction of sp³-hybridized carbons (Fsp3) is 0.389. The Morgan fingerprint density at radius 3 is 2.52 bits per heavy atom. The lowest BCUT2D eigenvalue weighted by atomic mass is 9.81. The van der Waals surface area contributed by atoms with Gasteiger partial charge in [-0.15, -0.1) is 0 Å². The van der Waals surface area contributed by atoms with Crippen LogP contribution in [0.1, 0.15) is 18.4 Å². The number of imide groups is 1. The number of amides is 2. The molecule has 9 heteroatoms. The first-order valence-corrected chi connectivity index (χ1v) is 9.82. The van der Waals surface area contributed by atoms with Crippen LogP contribution in [-0.2, 0) is 20.9 Å². The lowest BCUT2D eigenvalue weighted by Gasteiger charge is -2.15. The Morgan fingerprint density at radius 2 is 1.89 bits per heavy atom. The summed E-state index contributed by atoms with van der Waals surface area (Å²) in [6.45, 7) is 0.0849. The van der Waals surface area contributed by atoms with Crippen LogP contribution in [-0.4, -0.2) is 33.8 Å². The maximum absolute atomic E-state index is 14.0. The molecule has 0 N–H and O–H groups in total. The van der Waals surface area contributed by atoms with Crippen molar-refractivity contribution in [3.05, 3.63) is 45.3 Å². The second-order valence-corrected chi connectivity index (χ2v) is 8.31. The summed E-state index contributed by atoms with van der Waals surface area (Å²) in [5.74, 6) is -1.60. The monoisotopic (exact) mass is 453 g/mol. The van der Waals surface area contributed by atoms with Crippen molar-refractivity contribution in [2.45, 2.75) is 31.6 Å². The molecule has 4 atom stereocenters. The van der Waals surface area contributed by atoms with Crippen LogP contribution in [0, 0.1) is 17.7 Å². The molecule has 0 spiro atoms. The first-order valence-electron chi connectivity index (χ1n) is 8.65. The van der Waals surface area contributed by atoms with E-state index in [-0.39, 0.29) is 36.4 Å². The van der Waals surface area contributed by atoms with Crippen molar-refractivity contribution in [2.24, 2.45) is 11.8 Å². The molecule has 1 aromatic carbocycles. The van der Waals surface area contributed by atoms with Crippen molar-refractivity contribution < 1.29 is 18.7 Å². The van der Waals surface area contributed by atoms with E-state index in [1.807, 2.05) is 0 Å². The van der Waals surface area contributed by atoms with E-state index in [4.69, 9.17) is 16.3 Å². The van der Waals surface area contributed by atoms with Gasteiger partial charge >= 0.3 is 0 Å². The highest BCUT2D eigenvalue weighted by Gasteiger charge is 2.63. The van der Waals surface area contributed by atoms with Gasteiger partial charge in [-0.3, -0.25) is 14.3 Å². The summed E-state index contributed by atoms with van der Waals surface area (Å²) in [4.78, 5) is 26.9. The number of carbonyl (C=O) groups excluding carboxylic acids is 2. The van der Waals surface area contributed by atoms with Crippen LogP contribution in [0.15, 0.2) is 28.9 Å². The first kappa shape index (κ1) is 17.3. The Labute approximate surface area is 167 Å². The molecule has 3 fully saturated rings. The van der Waals surface area contributed by atoms with Crippen molar-refractivity contribution in [3.8, 4) is 0 Å². The summed E-state index contributed by atoms with van der Waals surface area (Å²) in [6, 6.07) is 4.46. The van der Waals surface area contributed by atoms with Crippen LogP contribution in [0.2, 0.25) is 5.02 Å². The maximum Gasteiger partial charge on any atom is 0.241 e. The molecule has 4 heterocycles. The molecule has 3 aliphatic rings. The van der Waals surface area contributed by atoms with Gasteiger partial charge in [-0.1, -0.05) is 17.7 Å². The highest BCUT2D eigenvalue weighted by Crippen LogP contribution is 2.49. The van der Waals surface area contributed by atoms with Gasteiger partial charge in [0.05, 0.1) is 35.1 Å². The number of hydrogen-bond acceptors (Lipinski definition) is 4. The van der Waals surface area contributed by atoms with E-state index in [0.717, 1.165) is 17.7 Å². The van der Waals surface area contributed by atoms with Crippen LogP contribution in [0.3, 0.4) is 0 Å². The van der Waals surface area contributed by atoms with E-state index in [0.29, 0.717) is 15.1 Å². The Balaban J connectivity index is 1.47. The Morgan fingerprint density at radius 1 is 1.22 bits per heavy atom. The number of anilines is 1. The minimum Gasteiger partial charge on any atom is -0.373 e. The minimum atomic E-state index is -0.438. The second kappa shape index (κ2) is 6.12. The minimum absolute atomic E-state index is 0.0849. The van der Waals surface area contributed by atoms with Gasteiger partial charge in [0.15, 0.2) is 5.82 Å². The average Bonchev–Trinajstić information content (AvgIpc) is 3.36. The van der Waals surface area contributed by atoms with Crippen molar-refractivity contribution in [2.75, 3.05) is 4.90 Å². The Hall–Kier alpha value is -1.77. The fourth-order valence-electron chi connectivity index (χ4n) is 4.39. The summed E-state index contributed by atoms with van der Waals surface area (Å²) in [7, 11) is 0. The van der Waals surface area contributed by atoms with E-state index < -0.39 is 17.7 Å². The van der Waals surface area contributed by atoms with E-state index in [9.17, 15) is 14.0 Å².